The van der Waals surface area contributed by atoms with Gasteiger partial charge in [-0.3, -0.25) is 9.69 Å². The van der Waals surface area contributed by atoms with E-state index in [0.717, 1.165) is 11.1 Å². The van der Waals surface area contributed by atoms with Crippen molar-refractivity contribution < 1.29 is 23.4 Å². The fourth-order valence-corrected chi connectivity index (χ4v) is 5.55. The summed E-state index contributed by atoms with van der Waals surface area (Å²) in [5.41, 5.74) is 2.87. The first-order chi connectivity index (χ1) is 17.9. The number of likely N-dealkylation sites (tertiary alicyclic amines) is 1. The van der Waals surface area contributed by atoms with Crippen LogP contribution in [0.15, 0.2) is 60.7 Å². The van der Waals surface area contributed by atoms with Crippen LogP contribution in [-0.2, 0) is 4.74 Å². The van der Waals surface area contributed by atoms with Gasteiger partial charge >= 0.3 is 0 Å². The highest BCUT2D eigenvalue weighted by molar-refractivity contribution is 5.99. The fourth-order valence-electron chi connectivity index (χ4n) is 5.55. The summed E-state index contributed by atoms with van der Waals surface area (Å²) in [6.07, 6.45) is -0.0117. The third kappa shape index (κ3) is 5.71. The van der Waals surface area contributed by atoms with Gasteiger partial charge in [0.2, 0.25) is 0 Å². The number of nitrogens with zero attached hydrogens (tertiary/aromatic N) is 1. The highest BCUT2D eigenvalue weighted by Gasteiger charge is 2.44. The van der Waals surface area contributed by atoms with Crippen molar-refractivity contribution in [3.05, 3.63) is 94.8 Å². The Bertz CT molecular complexity index is 1230. The summed E-state index contributed by atoms with van der Waals surface area (Å²) in [6, 6.07) is 21.4. The molecule has 5 nitrogen and oxygen atoms in total. The van der Waals surface area contributed by atoms with Gasteiger partial charge < -0.3 is 14.2 Å². The molecule has 1 aliphatic rings. The zero-order valence-electron chi connectivity index (χ0n) is 22.2. The molecule has 0 bridgehead atoms. The van der Waals surface area contributed by atoms with Gasteiger partial charge in [0, 0.05) is 55.6 Å². The maximum Gasteiger partial charge on any atom is 0.167 e. The van der Waals surface area contributed by atoms with E-state index in [0.29, 0.717) is 42.3 Å². The summed E-state index contributed by atoms with van der Waals surface area (Å²) in [6.45, 7) is 5.66. The lowest BCUT2D eigenvalue weighted by molar-refractivity contribution is 0.0431. The van der Waals surface area contributed by atoms with Crippen LogP contribution in [0, 0.1) is 24.7 Å². The first-order valence-corrected chi connectivity index (χ1v) is 12.6. The summed E-state index contributed by atoms with van der Waals surface area (Å²) < 4.78 is 31.6. The molecule has 0 aromatic heterocycles. The smallest absolute Gasteiger partial charge is 0.167 e. The SMILES string of the molecule is COc1cccc(C(=O)[C@H]2CN(C[C@H](C)OC)C[C@H](c3[c]cccc3OC)[C@H]2c2cccc(F)c2C)c1. The molecule has 3 aromatic rings. The van der Waals surface area contributed by atoms with E-state index in [2.05, 4.69) is 11.0 Å². The molecule has 37 heavy (non-hydrogen) atoms. The number of Topliss-reactive ketones (excluding diaryl/α,β-unsaturated/α-hetero) is 1. The second-order valence-electron chi connectivity index (χ2n) is 9.71. The second kappa shape index (κ2) is 11.9. The largest absolute Gasteiger partial charge is 0.497 e. The number of hydrogen-bond donors (Lipinski definition) is 0. The normalized spacial score (nSPS) is 20.9. The van der Waals surface area contributed by atoms with Crippen molar-refractivity contribution in [1.82, 2.24) is 4.90 Å². The highest BCUT2D eigenvalue weighted by atomic mass is 19.1. The molecule has 0 unspecified atom stereocenters. The van der Waals surface area contributed by atoms with E-state index in [1.807, 2.05) is 49.4 Å². The average molecular weight is 505 g/mol. The van der Waals surface area contributed by atoms with Crippen LogP contribution in [0.1, 0.15) is 45.8 Å². The minimum absolute atomic E-state index is 0.00206. The molecule has 0 saturated carbocycles. The molecule has 0 N–H and O–H groups in total. The topological polar surface area (TPSA) is 48.0 Å². The molecule has 6 heteroatoms. The monoisotopic (exact) mass is 504 g/mol. The van der Waals surface area contributed by atoms with Gasteiger partial charge in [-0.2, -0.15) is 0 Å². The van der Waals surface area contributed by atoms with Gasteiger partial charge in [-0.25, -0.2) is 4.39 Å². The van der Waals surface area contributed by atoms with E-state index < -0.39 is 5.92 Å². The molecule has 4 rings (SSSR count). The zero-order chi connectivity index (χ0) is 26.5. The van der Waals surface area contributed by atoms with E-state index in [4.69, 9.17) is 14.2 Å². The lowest BCUT2D eigenvalue weighted by atomic mass is 9.67. The van der Waals surface area contributed by atoms with Crippen molar-refractivity contribution in [2.45, 2.75) is 31.8 Å². The Labute approximate surface area is 219 Å². The molecule has 1 aliphatic heterocycles. The van der Waals surface area contributed by atoms with Gasteiger partial charge in [0.1, 0.15) is 17.3 Å². The van der Waals surface area contributed by atoms with E-state index in [1.54, 1.807) is 40.4 Å². The number of hydrogen-bond acceptors (Lipinski definition) is 5. The Hall–Kier alpha value is -3.22. The molecule has 4 atom stereocenters. The molecule has 195 valence electrons. The Morgan fingerprint density at radius 3 is 2.59 bits per heavy atom. The van der Waals surface area contributed by atoms with Crippen molar-refractivity contribution in [1.29, 1.82) is 0 Å². The first kappa shape index (κ1) is 26.8. The van der Waals surface area contributed by atoms with Gasteiger partial charge in [0.25, 0.3) is 0 Å². The first-order valence-electron chi connectivity index (χ1n) is 12.6. The number of ether oxygens (including phenoxy) is 3. The standard InChI is InChI=1S/C31H35FNO4/c1-20(35-3)17-33-18-26(25-12-6-7-15-29(25)37-5)30(24-13-9-14-28(32)21(24)2)27(19-33)31(34)22-10-8-11-23(16-22)36-4/h6-11,13-16,20,26-27,30H,17-19H2,1-5H3/t20-,26+,27-,30+/m0/s1. The van der Waals surface area contributed by atoms with Crippen LogP contribution in [0.5, 0.6) is 11.5 Å². The third-order valence-corrected chi connectivity index (χ3v) is 7.49. The minimum Gasteiger partial charge on any atom is -0.497 e. The molecule has 0 aliphatic carbocycles. The molecule has 1 heterocycles. The van der Waals surface area contributed by atoms with Gasteiger partial charge in [0.15, 0.2) is 5.78 Å². The summed E-state index contributed by atoms with van der Waals surface area (Å²) >= 11 is 0. The van der Waals surface area contributed by atoms with E-state index in [-0.39, 0.29) is 29.5 Å². The molecule has 0 amide bonds. The lowest BCUT2D eigenvalue weighted by Gasteiger charge is -2.45. The summed E-state index contributed by atoms with van der Waals surface area (Å²) in [7, 11) is 4.92. The van der Waals surface area contributed by atoms with Crippen LogP contribution in [0.2, 0.25) is 0 Å². The van der Waals surface area contributed by atoms with Crippen molar-refractivity contribution in [3.8, 4) is 11.5 Å². The van der Waals surface area contributed by atoms with Gasteiger partial charge in [-0.05, 0) is 55.3 Å². The molecule has 1 radical (unpaired) electrons. The lowest BCUT2D eigenvalue weighted by Crippen LogP contribution is -2.49. The van der Waals surface area contributed by atoms with E-state index in [9.17, 15) is 9.18 Å². The Balaban J connectivity index is 1.89. The predicted molar refractivity (Wildman–Crippen MR) is 142 cm³/mol. The molecule has 3 aromatic carbocycles. The molecular weight excluding hydrogens is 469 g/mol. The summed E-state index contributed by atoms with van der Waals surface area (Å²) in [5.74, 6) is 0.185. The van der Waals surface area contributed by atoms with Crippen LogP contribution in [0.4, 0.5) is 4.39 Å². The summed E-state index contributed by atoms with van der Waals surface area (Å²) in [4.78, 5) is 16.5. The number of methoxy groups -OCH3 is 3. The quantitative estimate of drug-likeness (QED) is 0.352. The number of halogens is 1. The predicted octanol–water partition coefficient (Wildman–Crippen LogP) is 5.67. The molecule has 0 spiro atoms. The number of benzene rings is 3. The Kier molecular flexibility index (Phi) is 8.62. The number of ketones is 1. The molecule has 1 saturated heterocycles. The zero-order valence-corrected chi connectivity index (χ0v) is 22.2. The Morgan fingerprint density at radius 2 is 1.86 bits per heavy atom. The van der Waals surface area contributed by atoms with E-state index >= 15 is 0 Å². The van der Waals surface area contributed by atoms with Crippen molar-refractivity contribution in [2.24, 2.45) is 5.92 Å². The number of carbonyl (C=O) groups excluding carboxylic acids is 1. The third-order valence-electron chi connectivity index (χ3n) is 7.49. The van der Waals surface area contributed by atoms with Gasteiger partial charge in [-0.1, -0.05) is 36.4 Å². The van der Waals surface area contributed by atoms with Crippen LogP contribution < -0.4 is 9.47 Å². The van der Waals surface area contributed by atoms with Crippen LogP contribution >= 0.6 is 0 Å². The summed E-state index contributed by atoms with van der Waals surface area (Å²) in [5, 5.41) is 0. The van der Waals surface area contributed by atoms with E-state index in [1.165, 1.54) is 6.07 Å². The molecular formula is C31H35FNO4. The number of piperidine rings is 1. The van der Waals surface area contributed by atoms with Gasteiger partial charge in [-0.15, -0.1) is 0 Å². The fraction of sp³-hybridized carbons (Fsp3) is 0.387. The second-order valence-corrected chi connectivity index (χ2v) is 9.71. The van der Waals surface area contributed by atoms with Gasteiger partial charge in [0.05, 0.1) is 20.3 Å². The maximum atomic E-state index is 14.9. The number of rotatable bonds is 9. The van der Waals surface area contributed by atoms with Crippen LogP contribution in [0.25, 0.3) is 0 Å². The average Bonchev–Trinajstić information content (AvgIpc) is 2.93. The van der Waals surface area contributed by atoms with Crippen LogP contribution in [-0.4, -0.2) is 57.8 Å². The highest BCUT2D eigenvalue weighted by Crippen LogP contribution is 2.47. The molecule has 1 fully saturated rings. The maximum absolute atomic E-state index is 14.9. The van der Waals surface area contributed by atoms with Crippen molar-refractivity contribution >= 4 is 5.78 Å². The Morgan fingerprint density at radius 1 is 1.08 bits per heavy atom. The van der Waals surface area contributed by atoms with Crippen molar-refractivity contribution in [3.63, 3.8) is 0 Å². The van der Waals surface area contributed by atoms with Crippen molar-refractivity contribution in [2.75, 3.05) is 41.0 Å². The van der Waals surface area contributed by atoms with Crippen LogP contribution in [0.3, 0.4) is 0 Å². The minimum atomic E-state index is -0.436. The number of carbonyl (C=O) groups is 1.